The van der Waals surface area contributed by atoms with Crippen LogP contribution in [0.2, 0.25) is 0 Å². The maximum Gasteiger partial charge on any atom is 0.188 e. The first kappa shape index (κ1) is 9.27. The van der Waals surface area contributed by atoms with Crippen LogP contribution in [0.3, 0.4) is 0 Å². The van der Waals surface area contributed by atoms with Gasteiger partial charge >= 0.3 is 0 Å². The topological polar surface area (TPSA) is 47.9 Å². The van der Waals surface area contributed by atoms with Crippen molar-refractivity contribution in [3.8, 4) is 0 Å². The van der Waals surface area contributed by atoms with Gasteiger partial charge in [-0.3, -0.25) is 5.41 Å². The van der Waals surface area contributed by atoms with Gasteiger partial charge in [0.15, 0.2) is 5.96 Å². The summed E-state index contributed by atoms with van der Waals surface area (Å²) in [5.74, 6) is 0.398. The number of rotatable bonds is 1. The van der Waals surface area contributed by atoms with Crippen LogP contribution in [-0.4, -0.2) is 18.0 Å². The highest BCUT2D eigenvalue weighted by atomic mass is 15.2. The van der Waals surface area contributed by atoms with Crippen LogP contribution in [0.15, 0.2) is 0 Å². The lowest BCUT2D eigenvalue weighted by Crippen LogP contribution is -2.46. The Labute approximate surface area is 62.7 Å². The van der Waals surface area contributed by atoms with Gasteiger partial charge in [-0.25, -0.2) is 0 Å². The average Bonchev–Trinajstić information content (AvgIpc) is 1.59. The van der Waals surface area contributed by atoms with Gasteiger partial charge in [-0.1, -0.05) is 0 Å². The predicted molar refractivity (Wildman–Crippen MR) is 44.3 cm³/mol. The lowest BCUT2D eigenvalue weighted by molar-refractivity contribution is 0.501. The molecule has 0 aromatic rings. The van der Waals surface area contributed by atoms with Crippen LogP contribution in [0, 0.1) is 5.41 Å². The first-order valence-corrected chi connectivity index (χ1v) is 3.56. The van der Waals surface area contributed by atoms with Crippen molar-refractivity contribution >= 4 is 5.96 Å². The molecule has 0 amide bonds. The zero-order valence-electron chi connectivity index (χ0n) is 7.21. The highest BCUT2D eigenvalue weighted by Crippen LogP contribution is 1.96. The molecule has 0 aliphatic rings. The summed E-state index contributed by atoms with van der Waals surface area (Å²) >= 11 is 0. The molecule has 0 aromatic carbocycles. The number of nitrogens with one attached hydrogen (secondary N) is 3. The van der Waals surface area contributed by atoms with Gasteiger partial charge < -0.3 is 10.6 Å². The molecule has 0 saturated heterocycles. The second-order valence-corrected chi connectivity index (χ2v) is 3.28. The van der Waals surface area contributed by atoms with Crippen LogP contribution in [0.1, 0.15) is 27.7 Å². The molecule has 0 unspecified atom stereocenters. The van der Waals surface area contributed by atoms with Gasteiger partial charge in [0.25, 0.3) is 0 Å². The van der Waals surface area contributed by atoms with Gasteiger partial charge in [0.1, 0.15) is 0 Å². The molecule has 0 aliphatic heterocycles. The molecule has 0 bridgehead atoms. The average molecular weight is 143 g/mol. The molecule has 3 N–H and O–H groups in total. The molecule has 0 saturated carbocycles. The van der Waals surface area contributed by atoms with Crippen molar-refractivity contribution < 1.29 is 0 Å². The summed E-state index contributed by atoms with van der Waals surface area (Å²) in [4.78, 5) is 0. The van der Waals surface area contributed by atoms with E-state index in [1.165, 1.54) is 0 Å². The Balaban J connectivity index is 3.58. The second-order valence-electron chi connectivity index (χ2n) is 3.28. The fraction of sp³-hybridized carbons (Fsp3) is 0.857. The molecular weight excluding hydrogens is 126 g/mol. The SMILES string of the molecule is CCNC(=N)NC(C)(C)C. The largest absolute Gasteiger partial charge is 0.357 e. The zero-order chi connectivity index (χ0) is 8.20. The normalized spacial score (nSPS) is 10.8. The second kappa shape index (κ2) is 3.44. The standard InChI is InChI=1S/C7H17N3/c1-5-9-6(8)10-7(2,3)4/h5H2,1-4H3,(H3,8,9,10). The van der Waals surface area contributed by atoms with E-state index in [0.717, 1.165) is 6.54 Å². The van der Waals surface area contributed by atoms with Crippen molar-refractivity contribution in [3.63, 3.8) is 0 Å². The molecule has 10 heavy (non-hydrogen) atoms. The van der Waals surface area contributed by atoms with Crippen molar-refractivity contribution in [2.24, 2.45) is 0 Å². The van der Waals surface area contributed by atoms with E-state index in [2.05, 4.69) is 10.6 Å². The fourth-order valence-corrected chi connectivity index (χ4v) is 0.596. The van der Waals surface area contributed by atoms with Crippen molar-refractivity contribution in [2.75, 3.05) is 6.54 Å². The van der Waals surface area contributed by atoms with Gasteiger partial charge in [0, 0.05) is 12.1 Å². The van der Waals surface area contributed by atoms with Crippen molar-refractivity contribution in [1.29, 1.82) is 5.41 Å². The molecule has 0 radical (unpaired) electrons. The Morgan fingerprint density at radius 3 is 2.20 bits per heavy atom. The van der Waals surface area contributed by atoms with Crippen molar-refractivity contribution in [3.05, 3.63) is 0 Å². The molecule has 0 atom stereocenters. The molecule has 3 heteroatoms. The third kappa shape index (κ3) is 5.41. The summed E-state index contributed by atoms with van der Waals surface area (Å²) in [6.07, 6.45) is 0. The van der Waals surface area contributed by atoms with E-state index in [1.54, 1.807) is 0 Å². The van der Waals surface area contributed by atoms with E-state index >= 15 is 0 Å². The van der Waals surface area contributed by atoms with Gasteiger partial charge in [-0.15, -0.1) is 0 Å². The summed E-state index contributed by atoms with van der Waals surface area (Å²) in [7, 11) is 0. The fourth-order valence-electron chi connectivity index (χ4n) is 0.596. The third-order valence-electron chi connectivity index (χ3n) is 0.854. The van der Waals surface area contributed by atoms with Crippen LogP contribution in [0.25, 0.3) is 0 Å². The Kier molecular flexibility index (Phi) is 3.19. The van der Waals surface area contributed by atoms with E-state index in [-0.39, 0.29) is 5.54 Å². The van der Waals surface area contributed by atoms with Gasteiger partial charge in [-0.05, 0) is 27.7 Å². The van der Waals surface area contributed by atoms with E-state index in [4.69, 9.17) is 5.41 Å². The summed E-state index contributed by atoms with van der Waals surface area (Å²) in [6, 6.07) is 0. The first-order chi connectivity index (χ1) is 4.45. The minimum absolute atomic E-state index is 0.0146. The maximum absolute atomic E-state index is 7.32. The monoisotopic (exact) mass is 143 g/mol. The Bertz CT molecular complexity index is 113. The van der Waals surface area contributed by atoms with Gasteiger partial charge in [0.05, 0.1) is 0 Å². The summed E-state index contributed by atoms with van der Waals surface area (Å²) in [5.41, 5.74) is -0.0146. The molecule has 0 aliphatic carbocycles. The maximum atomic E-state index is 7.32. The molecule has 60 valence electrons. The summed E-state index contributed by atoms with van der Waals surface area (Å²) < 4.78 is 0. The predicted octanol–water partition coefficient (Wildman–Crippen LogP) is 0.919. The highest BCUT2D eigenvalue weighted by Gasteiger charge is 2.09. The zero-order valence-corrected chi connectivity index (χ0v) is 7.21. The molecule has 0 fully saturated rings. The number of hydrogen-bond donors (Lipinski definition) is 3. The van der Waals surface area contributed by atoms with Crippen molar-refractivity contribution in [1.82, 2.24) is 10.6 Å². The molecule has 0 spiro atoms. The van der Waals surface area contributed by atoms with Gasteiger partial charge in [0.2, 0.25) is 0 Å². The summed E-state index contributed by atoms with van der Waals surface area (Å²) in [6.45, 7) is 8.84. The lowest BCUT2D eigenvalue weighted by atomic mass is 10.1. The Morgan fingerprint density at radius 2 is 1.90 bits per heavy atom. The van der Waals surface area contributed by atoms with E-state index < -0.39 is 0 Å². The van der Waals surface area contributed by atoms with Crippen LogP contribution >= 0.6 is 0 Å². The van der Waals surface area contributed by atoms with Crippen molar-refractivity contribution in [2.45, 2.75) is 33.2 Å². The van der Waals surface area contributed by atoms with E-state index in [9.17, 15) is 0 Å². The lowest BCUT2D eigenvalue weighted by Gasteiger charge is -2.22. The van der Waals surface area contributed by atoms with Gasteiger partial charge in [-0.2, -0.15) is 0 Å². The Hall–Kier alpha value is -0.730. The highest BCUT2D eigenvalue weighted by molar-refractivity contribution is 5.76. The molecule has 0 heterocycles. The van der Waals surface area contributed by atoms with Crippen LogP contribution in [0.4, 0.5) is 0 Å². The third-order valence-corrected chi connectivity index (χ3v) is 0.854. The van der Waals surface area contributed by atoms with E-state index in [1.807, 2.05) is 27.7 Å². The van der Waals surface area contributed by atoms with E-state index in [0.29, 0.717) is 5.96 Å². The number of hydrogen-bond acceptors (Lipinski definition) is 1. The molecule has 0 rings (SSSR count). The minimum atomic E-state index is -0.0146. The quantitative estimate of drug-likeness (QED) is 0.377. The van der Waals surface area contributed by atoms with Crippen LogP contribution < -0.4 is 10.6 Å². The molecular formula is C7H17N3. The first-order valence-electron chi connectivity index (χ1n) is 3.56. The van der Waals surface area contributed by atoms with Crippen LogP contribution in [0.5, 0.6) is 0 Å². The summed E-state index contributed by atoms with van der Waals surface area (Å²) in [5, 5.41) is 13.2. The molecule has 0 aromatic heterocycles. The minimum Gasteiger partial charge on any atom is -0.357 e. The van der Waals surface area contributed by atoms with Crippen LogP contribution in [-0.2, 0) is 0 Å². The Morgan fingerprint density at radius 1 is 1.40 bits per heavy atom. The molecule has 3 nitrogen and oxygen atoms in total. The smallest absolute Gasteiger partial charge is 0.188 e. The number of guanidine groups is 1.